The highest BCUT2D eigenvalue weighted by Gasteiger charge is 2.22. The molecule has 0 bridgehead atoms. The second-order valence-corrected chi connectivity index (χ2v) is 7.98. The minimum absolute atomic E-state index is 0.141. The topological polar surface area (TPSA) is 118 Å². The summed E-state index contributed by atoms with van der Waals surface area (Å²) in [5.41, 5.74) is 2.26. The number of nitrogens with zero attached hydrogens (tertiary/aromatic N) is 3. The number of hydrogen-bond donors (Lipinski definition) is 3. The van der Waals surface area contributed by atoms with E-state index in [2.05, 4.69) is 20.8 Å². The summed E-state index contributed by atoms with van der Waals surface area (Å²) in [5, 5.41) is 24.1. The van der Waals surface area contributed by atoms with Gasteiger partial charge in [0.05, 0.1) is 19.5 Å². The fraction of sp³-hybridized carbons (Fsp3) is 0.273. The number of aliphatic hydroxyl groups is 1. The first-order chi connectivity index (χ1) is 15.4. The Morgan fingerprint density at radius 2 is 1.81 bits per heavy atom. The lowest BCUT2D eigenvalue weighted by Gasteiger charge is -2.16. The fourth-order valence-electron chi connectivity index (χ4n) is 2.90. The van der Waals surface area contributed by atoms with Crippen LogP contribution in [0.2, 0.25) is 0 Å². The Hall–Kier alpha value is -3.37. The van der Waals surface area contributed by atoms with Crippen LogP contribution in [-0.2, 0) is 11.8 Å². The van der Waals surface area contributed by atoms with E-state index in [0.29, 0.717) is 22.3 Å². The number of methoxy groups -OCH3 is 1. The molecule has 9 nitrogen and oxygen atoms in total. The number of benzene rings is 2. The quantitative estimate of drug-likeness (QED) is 0.424. The molecule has 1 heterocycles. The highest BCUT2D eigenvalue weighted by Crippen LogP contribution is 2.20. The molecule has 3 aromatic rings. The number of nitrogens with one attached hydrogen (secondary N) is 2. The first-order valence-corrected chi connectivity index (χ1v) is 10.8. The number of carbonyl (C=O) groups excluding carboxylic acids is 2. The average molecular weight is 456 g/mol. The summed E-state index contributed by atoms with van der Waals surface area (Å²) >= 11 is 1.21. The van der Waals surface area contributed by atoms with Crippen molar-refractivity contribution in [2.45, 2.75) is 18.1 Å². The number of aryl methyl sites for hydroxylation is 1. The van der Waals surface area contributed by atoms with Gasteiger partial charge in [0.1, 0.15) is 11.8 Å². The Labute approximate surface area is 190 Å². The molecule has 0 unspecified atom stereocenters. The zero-order chi connectivity index (χ0) is 23.1. The number of anilines is 1. The van der Waals surface area contributed by atoms with E-state index in [-0.39, 0.29) is 24.2 Å². The summed E-state index contributed by atoms with van der Waals surface area (Å²) in [5.74, 6) is 0.635. The molecule has 0 saturated carbocycles. The van der Waals surface area contributed by atoms with Gasteiger partial charge in [-0.15, -0.1) is 10.2 Å². The van der Waals surface area contributed by atoms with Crippen LogP contribution in [-0.4, -0.2) is 51.2 Å². The molecule has 1 atom stereocenters. The van der Waals surface area contributed by atoms with Crippen molar-refractivity contribution in [3.63, 3.8) is 0 Å². The van der Waals surface area contributed by atoms with Crippen molar-refractivity contribution in [1.29, 1.82) is 0 Å². The van der Waals surface area contributed by atoms with Gasteiger partial charge in [-0.3, -0.25) is 9.59 Å². The number of rotatable bonds is 9. The predicted molar refractivity (Wildman–Crippen MR) is 122 cm³/mol. The fourth-order valence-corrected chi connectivity index (χ4v) is 3.61. The SMILES string of the molecule is COc1ccc(C(=O)N[C@H](CO)c2nnc(SCC(=O)Nc3ccc(C)cc3)n2C)cc1. The predicted octanol–water partition coefficient (Wildman–Crippen LogP) is 2.33. The summed E-state index contributed by atoms with van der Waals surface area (Å²) in [6.07, 6.45) is 0. The molecule has 168 valence electrons. The van der Waals surface area contributed by atoms with Gasteiger partial charge in [-0.05, 0) is 43.3 Å². The van der Waals surface area contributed by atoms with Gasteiger partial charge in [-0.2, -0.15) is 0 Å². The molecule has 0 spiro atoms. The maximum Gasteiger partial charge on any atom is 0.251 e. The number of aliphatic hydroxyl groups excluding tert-OH is 1. The van der Waals surface area contributed by atoms with Gasteiger partial charge in [-0.1, -0.05) is 29.5 Å². The highest BCUT2D eigenvalue weighted by atomic mass is 32.2. The van der Waals surface area contributed by atoms with Gasteiger partial charge in [0.2, 0.25) is 5.91 Å². The van der Waals surface area contributed by atoms with Gasteiger partial charge in [0.25, 0.3) is 5.91 Å². The van der Waals surface area contributed by atoms with Crippen molar-refractivity contribution in [2.75, 3.05) is 24.8 Å². The number of ether oxygens (including phenoxy) is 1. The first kappa shape index (κ1) is 23.3. The maximum absolute atomic E-state index is 12.5. The summed E-state index contributed by atoms with van der Waals surface area (Å²) in [6, 6.07) is 13.4. The van der Waals surface area contributed by atoms with Crippen molar-refractivity contribution in [3.8, 4) is 5.75 Å². The molecular formula is C22H25N5O4S. The van der Waals surface area contributed by atoms with E-state index in [1.165, 1.54) is 11.8 Å². The average Bonchev–Trinajstić information content (AvgIpc) is 3.17. The van der Waals surface area contributed by atoms with Crippen LogP contribution in [0.5, 0.6) is 5.75 Å². The Bertz CT molecular complexity index is 1070. The van der Waals surface area contributed by atoms with Crippen molar-refractivity contribution in [3.05, 3.63) is 65.5 Å². The van der Waals surface area contributed by atoms with Crippen LogP contribution in [0.1, 0.15) is 27.8 Å². The summed E-state index contributed by atoms with van der Waals surface area (Å²) in [4.78, 5) is 24.8. The van der Waals surface area contributed by atoms with Gasteiger partial charge < -0.3 is 25.0 Å². The summed E-state index contributed by atoms with van der Waals surface area (Å²) < 4.78 is 6.74. The molecule has 32 heavy (non-hydrogen) atoms. The Kier molecular flexibility index (Phi) is 7.85. The van der Waals surface area contributed by atoms with Crippen LogP contribution >= 0.6 is 11.8 Å². The molecule has 0 aliphatic rings. The van der Waals surface area contributed by atoms with Gasteiger partial charge in [0.15, 0.2) is 11.0 Å². The summed E-state index contributed by atoms with van der Waals surface area (Å²) in [7, 11) is 3.27. The van der Waals surface area contributed by atoms with Crippen molar-refractivity contribution in [1.82, 2.24) is 20.1 Å². The van der Waals surface area contributed by atoms with E-state index < -0.39 is 6.04 Å². The van der Waals surface area contributed by atoms with E-state index in [1.54, 1.807) is 43.0 Å². The maximum atomic E-state index is 12.5. The van der Waals surface area contributed by atoms with E-state index >= 15 is 0 Å². The van der Waals surface area contributed by atoms with Crippen LogP contribution < -0.4 is 15.4 Å². The van der Waals surface area contributed by atoms with Gasteiger partial charge >= 0.3 is 0 Å². The largest absolute Gasteiger partial charge is 0.497 e. The monoisotopic (exact) mass is 455 g/mol. The summed E-state index contributed by atoms with van der Waals surface area (Å²) in [6.45, 7) is 1.62. The molecule has 2 aromatic carbocycles. The number of thioether (sulfide) groups is 1. The molecule has 2 amide bonds. The van der Waals surface area contributed by atoms with Crippen molar-refractivity contribution in [2.24, 2.45) is 7.05 Å². The van der Waals surface area contributed by atoms with Gasteiger partial charge in [0, 0.05) is 18.3 Å². The first-order valence-electron chi connectivity index (χ1n) is 9.85. The van der Waals surface area contributed by atoms with E-state index in [9.17, 15) is 14.7 Å². The molecule has 10 heteroatoms. The molecular weight excluding hydrogens is 430 g/mol. The highest BCUT2D eigenvalue weighted by molar-refractivity contribution is 7.99. The van der Waals surface area contributed by atoms with Crippen LogP contribution in [0.4, 0.5) is 5.69 Å². The van der Waals surface area contributed by atoms with Gasteiger partial charge in [-0.25, -0.2) is 0 Å². The number of hydrogen-bond acceptors (Lipinski definition) is 7. The Morgan fingerprint density at radius 1 is 1.12 bits per heavy atom. The molecule has 3 rings (SSSR count). The number of carbonyl (C=O) groups is 2. The molecule has 3 N–H and O–H groups in total. The van der Waals surface area contributed by atoms with Crippen LogP contribution in [0.15, 0.2) is 53.7 Å². The Balaban J connectivity index is 1.60. The lowest BCUT2D eigenvalue weighted by molar-refractivity contribution is -0.113. The normalized spacial score (nSPS) is 11.6. The number of aromatic nitrogens is 3. The van der Waals surface area contributed by atoms with Crippen LogP contribution in [0, 0.1) is 6.92 Å². The molecule has 0 saturated heterocycles. The van der Waals surface area contributed by atoms with Crippen LogP contribution in [0.3, 0.4) is 0 Å². The zero-order valence-corrected chi connectivity index (χ0v) is 18.8. The second kappa shape index (κ2) is 10.8. The molecule has 0 aliphatic heterocycles. The van der Waals surface area contributed by atoms with E-state index in [4.69, 9.17) is 4.74 Å². The zero-order valence-electron chi connectivity index (χ0n) is 18.0. The third kappa shape index (κ3) is 5.86. The molecule has 0 aliphatic carbocycles. The lowest BCUT2D eigenvalue weighted by Crippen LogP contribution is -2.32. The minimum atomic E-state index is -0.752. The smallest absolute Gasteiger partial charge is 0.251 e. The van der Waals surface area contributed by atoms with E-state index in [0.717, 1.165) is 11.3 Å². The Morgan fingerprint density at radius 3 is 2.44 bits per heavy atom. The van der Waals surface area contributed by atoms with Crippen LogP contribution in [0.25, 0.3) is 0 Å². The van der Waals surface area contributed by atoms with E-state index in [1.807, 2.05) is 31.2 Å². The lowest BCUT2D eigenvalue weighted by atomic mass is 10.2. The minimum Gasteiger partial charge on any atom is -0.497 e. The molecule has 0 fully saturated rings. The third-order valence-corrected chi connectivity index (χ3v) is 5.71. The molecule has 1 aromatic heterocycles. The third-order valence-electron chi connectivity index (χ3n) is 4.69. The van der Waals surface area contributed by atoms with Crippen molar-refractivity contribution < 1.29 is 19.4 Å². The number of amides is 2. The molecule has 0 radical (unpaired) electrons. The van der Waals surface area contributed by atoms with Crippen molar-refractivity contribution >= 4 is 29.3 Å². The standard InChI is InChI=1S/C22H25N5O4S/c1-14-4-8-16(9-5-14)23-19(29)13-32-22-26-25-20(27(22)2)18(12-28)24-21(30)15-6-10-17(31-3)11-7-15/h4-11,18,28H,12-13H2,1-3H3,(H,23,29)(H,24,30)/t18-/m1/s1. The second-order valence-electron chi connectivity index (χ2n) is 7.04.